The van der Waals surface area contributed by atoms with Gasteiger partial charge in [-0.25, -0.2) is 9.97 Å². The van der Waals surface area contributed by atoms with Gasteiger partial charge in [-0.3, -0.25) is 0 Å². The molecule has 3 heteroatoms. The van der Waals surface area contributed by atoms with Crippen LogP contribution in [0.1, 0.15) is 0 Å². The van der Waals surface area contributed by atoms with Crippen molar-refractivity contribution in [1.29, 1.82) is 0 Å². The van der Waals surface area contributed by atoms with E-state index in [1.807, 2.05) is 30.3 Å². The molecule has 0 radical (unpaired) electrons. The third-order valence-corrected chi connectivity index (χ3v) is 8.69. The van der Waals surface area contributed by atoms with Gasteiger partial charge < -0.3 is 4.74 Å². The predicted octanol–water partition coefficient (Wildman–Crippen LogP) is 11.2. The van der Waals surface area contributed by atoms with E-state index in [1.165, 1.54) is 27.1 Å². The van der Waals surface area contributed by atoms with Crippen LogP contribution in [-0.4, -0.2) is 9.97 Å². The minimum absolute atomic E-state index is 0.712. The van der Waals surface area contributed by atoms with Crippen molar-refractivity contribution in [3.05, 3.63) is 158 Å². The Hall–Kier alpha value is -6.06. The number of ether oxygens (including phenoxy) is 1. The van der Waals surface area contributed by atoms with E-state index in [2.05, 4.69) is 127 Å². The Morgan fingerprint density at radius 1 is 0.378 bits per heavy atom. The lowest BCUT2D eigenvalue weighted by atomic mass is 9.92. The van der Waals surface area contributed by atoms with Gasteiger partial charge in [0.1, 0.15) is 11.5 Å². The van der Waals surface area contributed by atoms with Gasteiger partial charge in [0.15, 0.2) is 5.82 Å². The van der Waals surface area contributed by atoms with Crippen LogP contribution in [0.25, 0.3) is 77.7 Å². The zero-order chi connectivity index (χ0) is 29.7. The van der Waals surface area contributed by atoms with Crippen molar-refractivity contribution in [3.63, 3.8) is 0 Å². The first-order valence-electron chi connectivity index (χ1n) is 15.2. The highest BCUT2D eigenvalue weighted by Gasteiger charge is 2.20. The molecule has 1 aliphatic rings. The van der Waals surface area contributed by atoms with Gasteiger partial charge in [-0.1, -0.05) is 133 Å². The molecule has 1 aliphatic heterocycles. The summed E-state index contributed by atoms with van der Waals surface area (Å²) < 4.78 is 6.33. The average molecular weight is 575 g/mol. The van der Waals surface area contributed by atoms with Gasteiger partial charge in [0.05, 0.1) is 11.4 Å². The van der Waals surface area contributed by atoms with E-state index in [9.17, 15) is 0 Å². The fourth-order valence-electron chi connectivity index (χ4n) is 6.48. The first kappa shape index (κ1) is 25.4. The molecule has 2 heterocycles. The Labute approximate surface area is 261 Å². The quantitative estimate of drug-likeness (QED) is 0.210. The standard InChI is InChI=1S/C42H26N2O/c1-2-10-31(11-3-1)42-43-37(26-38(44-42)34-16-6-12-28-9-4-5-15-33(28)34)29-21-19-27(20-22-29)32-23-24-39-36(25-32)35-17-7-13-30-14-8-18-40(45-39)41(30)35/h1-26H. The van der Waals surface area contributed by atoms with Crippen LogP contribution < -0.4 is 4.74 Å². The van der Waals surface area contributed by atoms with Gasteiger partial charge in [0, 0.05) is 27.6 Å². The molecule has 0 amide bonds. The molecule has 0 unspecified atom stereocenters. The Kier molecular flexibility index (Phi) is 5.82. The minimum atomic E-state index is 0.712. The van der Waals surface area contributed by atoms with Crippen LogP contribution in [0.15, 0.2) is 158 Å². The molecule has 0 atom stereocenters. The second kappa shape index (κ2) is 10.3. The van der Waals surface area contributed by atoms with E-state index >= 15 is 0 Å². The highest BCUT2D eigenvalue weighted by atomic mass is 16.5. The van der Waals surface area contributed by atoms with Gasteiger partial charge in [-0.2, -0.15) is 0 Å². The molecule has 45 heavy (non-hydrogen) atoms. The third kappa shape index (κ3) is 4.37. The molecular formula is C42H26N2O. The number of rotatable bonds is 4. The molecule has 0 saturated heterocycles. The highest BCUT2D eigenvalue weighted by molar-refractivity contribution is 6.04. The normalized spacial score (nSPS) is 11.7. The van der Waals surface area contributed by atoms with Crippen molar-refractivity contribution in [3.8, 4) is 67.7 Å². The summed E-state index contributed by atoms with van der Waals surface area (Å²) in [5.74, 6) is 2.51. The number of aromatic nitrogens is 2. The highest BCUT2D eigenvalue weighted by Crippen LogP contribution is 2.47. The molecule has 7 aromatic carbocycles. The Morgan fingerprint density at radius 2 is 1.04 bits per heavy atom. The lowest BCUT2D eigenvalue weighted by Gasteiger charge is -2.22. The SMILES string of the molecule is c1ccc(-c2nc(-c3ccc(-c4ccc5c(c4)-c4cccc6cccc(c46)O5)cc3)cc(-c3cccc4ccccc34)n2)cc1. The van der Waals surface area contributed by atoms with Crippen molar-refractivity contribution in [2.24, 2.45) is 0 Å². The first-order chi connectivity index (χ1) is 22.3. The summed E-state index contributed by atoms with van der Waals surface area (Å²) in [5, 5.41) is 4.72. The van der Waals surface area contributed by atoms with Gasteiger partial charge in [0.25, 0.3) is 0 Å². The third-order valence-electron chi connectivity index (χ3n) is 8.69. The van der Waals surface area contributed by atoms with Gasteiger partial charge in [-0.15, -0.1) is 0 Å². The van der Waals surface area contributed by atoms with Crippen molar-refractivity contribution >= 4 is 21.5 Å². The van der Waals surface area contributed by atoms with Gasteiger partial charge in [-0.05, 0) is 57.1 Å². The fraction of sp³-hybridized carbons (Fsp3) is 0. The number of nitrogens with zero attached hydrogens (tertiary/aromatic N) is 2. The first-order valence-corrected chi connectivity index (χ1v) is 15.2. The van der Waals surface area contributed by atoms with E-state index in [4.69, 9.17) is 14.7 Å². The summed E-state index contributed by atoms with van der Waals surface area (Å²) in [7, 11) is 0. The maximum Gasteiger partial charge on any atom is 0.160 e. The van der Waals surface area contributed by atoms with Crippen LogP contribution in [0.3, 0.4) is 0 Å². The van der Waals surface area contributed by atoms with Crippen molar-refractivity contribution < 1.29 is 4.74 Å². The zero-order valence-electron chi connectivity index (χ0n) is 24.3. The van der Waals surface area contributed by atoms with E-state index in [0.717, 1.165) is 56.3 Å². The molecule has 0 saturated carbocycles. The number of benzene rings is 7. The lowest BCUT2D eigenvalue weighted by Crippen LogP contribution is -1.97. The Morgan fingerprint density at radius 3 is 1.91 bits per heavy atom. The molecule has 9 rings (SSSR count). The minimum Gasteiger partial charge on any atom is -0.456 e. The lowest BCUT2D eigenvalue weighted by molar-refractivity contribution is 0.487. The Bertz CT molecular complexity index is 2380. The molecule has 0 spiro atoms. The van der Waals surface area contributed by atoms with Crippen molar-refractivity contribution in [2.45, 2.75) is 0 Å². The number of hydrogen-bond acceptors (Lipinski definition) is 3. The zero-order valence-corrected chi connectivity index (χ0v) is 24.3. The molecule has 210 valence electrons. The largest absolute Gasteiger partial charge is 0.456 e. The summed E-state index contributed by atoms with van der Waals surface area (Å²) >= 11 is 0. The number of hydrogen-bond donors (Lipinski definition) is 0. The van der Waals surface area contributed by atoms with Crippen LogP contribution in [0.5, 0.6) is 11.5 Å². The topological polar surface area (TPSA) is 35.0 Å². The van der Waals surface area contributed by atoms with E-state index in [1.54, 1.807) is 0 Å². The van der Waals surface area contributed by atoms with Gasteiger partial charge in [0.2, 0.25) is 0 Å². The summed E-state index contributed by atoms with van der Waals surface area (Å²) in [6.45, 7) is 0. The summed E-state index contributed by atoms with van der Waals surface area (Å²) in [4.78, 5) is 10.1. The predicted molar refractivity (Wildman–Crippen MR) is 184 cm³/mol. The molecule has 0 fully saturated rings. The molecular weight excluding hydrogens is 548 g/mol. The summed E-state index contributed by atoms with van der Waals surface area (Å²) in [5.41, 5.74) is 9.53. The van der Waals surface area contributed by atoms with Crippen LogP contribution in [0, 0.1) is 0 Å². The number of fused-ring (bicyclic) bond motifs is 3. The van der Waals surface area contributed by atoms with Crippen LogP contribution in [-0.2, 0) is 0 Å². The van der Waals surface area contributed by atoms with E-state index in [0.29, 0.717) is 5.82 Å². The van der Waals surface area contributed by atoms with Crippen LogP contribution >= 0.6 is 0 Å². The second-order valence-electron chi connectivity index (χ2n) is 11.4. The van der Waals surface area contributed by atoms with E-state index < -0.39 is 0 Å². The molecule has 0 aliphatic carbocycles. The van der Waals surface area contributed by atoms with Gasteiger partial charge >= 0.3 is 0 Å². The monoisotopic (exact) mass is 574 g/mol. The summed E-state index contributed by atoms with van der Waals surface area (Å²) in [6, 6.07) is 55.0. The summed E-state index contributed by atoms with van der Waals surface area (Å²) in [6.07, 6.45) is 0. The smallest absolute Gasteiger partial charge is 0.160 e. The molecule has 3 nitrogen and oxygen atoms in total. The van der Waals surface area contributed by atoms with E-state index in [-0.39, 0.29) is 0 Å². The molecule has 0 N–H and O–H groups in total. The second-order valence-corrected chi connectivity index (χ2v) is 11.4. The molecule has 0 bridgehead atoms. The maximum atomic E-state index is 6.33. The molecule has 8 aromatic rings. The average Bonchev–Trinajstić information content (AvgIpc) is 3.12. The maximum absolute atomic E-state index is 6.33. The van der Waals surface area contributed by atoms with Crippen molar-refractivity contribution in [1.82, 2.24) is 9.97 Å². The van der Waals surface area contributed by atoms with Crippen LogP contribution in [0.2, 0.25) is 0 Å². The van der Waals surface area contributed by atoms with Crippen LogP contribution in [0.4, 0.5) is 0 Å². The Balaban J connectivity index is 1.13. The fourth-order valence-corrected chi connectivity index (χ4v) is 6.48. The molecule has 1 aromatic heterocycles. The van der Waals surface area contributed by atoms with Crippen molar-refractivity contribution in [2.75, 3.05) is 0 Å².